The zero-order valence-electron chi connectivity index (χ0n) is 45.8. The molecule has 10 fully saturated rings. The Labute approximate surface area is 435 Å². The van der Waals surface area contributed by atoms with Crippen molar-refractivity contribution in [2.75, 3.05) is 46.4 Å². The third kappa shape index (κ3) is 8.61. The number of carbonyl (C=O) groups is 6. The van der Waals surface area contributed by atoms with Gasteiger partial charge in [-0.3, -0.25) is 29.8 Å². The topological polar surface area (TPSA) is 181 Å². The molecule has 4 amide bonds. The number of methoxy groups -OCH3 is 1. The van der Waals surface area contributed by atoms with Crippen molar-refractivity contribution in [2.45, 2.75) is 171 Å². The number of ether oxygens (including phenoxy) is 3. The predicted octanol–water partition coefficient (Wildman–Crippen LogP) is 7.44. The second-order valence-electron chi connectivity index (χ2n) is 26.1. The molecule has 10 aliphatic rings. The van der Waals surface area contributed by atoms with Crippen LogP contribution in [-0.4, -0.2) is 121 Å². The van der Waals surface area contributed by atoms with Crippen LogP contribution in [0.3, 0.4) is 0 Å². The number of ketones is 2. The molecular weight excluding hydrogens is 925 g/mol. The second-order valence-corrected chi connectivity index (χ2v) is 26.1. The Balaban J connectivity index is 0.000000180. The summed E-state index contributed by atoms with van der Waals surface area (Å²) in [5.41, 5.74) is -3.29. The fourth-order valence-electron chi connectivity index (χ4n) is 18.5. The number of imide groups is 2. The number of hydrogen-bond acceptors (Lipinski definition) is 12. The number of alkyl carbamates (subject to hydrolysis) is 2. The van der Waals surface area contributed by atoms with E-state index >= 15 is 0 Å². The second kappa shape index (κ2) is 19.6. The Morgan fingerprint density at radius 1 is 0.671 bits per heavy atom. The smallest absolute Gasteiger partial charge is 0.414 e. The minimum atomic E-state index is -0.928. The maximum absolute atomic E-state index is 14.1. The summed E-state index contributed by atoms with van der Waals surface area (Å²) >= 11 is 0. The van der Waals surface area contributed by atoms with E-state index in [-0.39, 0.29) is 87.7 Å². The van der Waals surface area contributed by atoms with Gasteiger partial charge in [-0.05, 0) is 139 Å². The molecule has 22 atom stereocenters. The molecule has 4 saturated heterocycles. The zero-order chi connectivity index (χ0) is 52.8. The average molecular weight is 1010 g/mol. The van der Waals surface area contributed by atoms with Crippen LogP contribution in [0.15, 0.2) is 0 Å². The molecule has 6 saturated carbocycles. The molecule has 0 radical (unpaired) electrons. The lowest BCUT2D eigenvalue weighted by Gasteiger charge is -2.61. The van der Waals surface area contributed by atoms with Gasteiger partial charge in [-0.15, -0.1) is 11.8 Å². The van der Waals surface area contributed by atoms with Gasteiger partial charge in [0.2, 0.25) is 11.8 Å². The van der Waals surface area contributed by atoms with Gasteiger partial charge in [0, 0.05) is 81.1 Å². The van der Waals surface area contributed by atoms with Crippen LogP contribution < -0.4 is 10.6 Å². The highest BCUT2D eigenvalue weighted by atomic mass is 16.6. The van der Waals surface area contributed by atoms with E-state index in [1.54, 1.807) is 21.0 Å². The maximum Gasteiger partial charge on any atom is 0.414 e. The summed E-state index contributed by atoms with van der Waals surface area (Å²) in [5.74, 6) is 12.5. The van der Waals surface area contributed by atoms with Crippen molar-refractivity contribution >= 4 is 35.6 Å². The van der Waals surface area contributed by atoms with E-state index in [1.165, 1.54) is 0 Å². The first kappa shape index (κ1) is 54.0. The Hall–Kier alpha value is -3.82. The Morgan fingerprint density at radius 2 is 1.19 bits per heavy atom. The van der Waals surface area contributed by atoms with Gasteiger partial charge in [-0.25, -0.2) is 9.59 Å². The molecule has 0 aromatic rings. The van der Waals surface area contributed by atoms with Gasteiger partial charge in [-0.1, -0.05) is 53.4 Å². The summed E-state index contributed by atoms with van der Waals surface area (Å²) in [6.07, 6.45) is 6.03. The number of aliphatic hydroxyl groups excluding tert-OH is 1. The van der Waals surface area contributed by atoms with Crippen molar-refractivity contribution in [2.24, 2.45) is 91.7 Å². The van der Waals surface area contributed by atoms with Gasteiger partial charge in [0.15, 0.2) is 5.78 Å². The standard InChI is InChI=1S/C30H44N2O5.C29H42N2O5/c1-7-11-28(4)15-23(37-27(35)31-26(34)21-17-32-14-10-20(21)16-32)29(5)18(2)8-12-30(19(3)25(28)33)13-9-22(36-6)24(29)30;1-6-10-27(4)14-22(36-26(35)30-25(34)20-16-31-13-9-19(20)15-31)28(5)17(2)7-11-29(18(3)24(27)33)12-8-21(32)23(28)29/h18-24H,8-10,12-17H2,1-6H3,(H,31,34,35);17-20,22-24,33H,7-9,11-16H2,1-5H3,(H,30,34,35)/t18-,19+,20-,21+,22-,23-,24?,28-,29+,30?;17-,18+,19-,20+,22-,23?,24+,27-,28+,29?/m11/s1. The molecule has 0 aromatic carbocycles. The number of nitrogens with one attached hydrogen (secondary N) is 2. The summed E-state index contributed by atoms with van der Waals surface area (Å²) in [7, 11) is 1.76. The minimum absolute atomic E-state index is 0.00324. The van der Waals surface area contributed by atoms with Crippen LogP contribution in [0.2, 0.25) is 0 Å². The van der Waals surface area contributed by atoms with Gasteiger partial charge in [0.1, 0.15) is 18.0 Å². The molecule has 8 bridgehead atoms. The third-order valence-corrected chi connectivity index (χ3v) is 22.9. The van der Waals surface area contributed by atoms with Gasteiger partial charge in [0.25, 0.3) is 0 Å². The van der Waals surface area contributed by atoms with Crippen molar-refractivity contribution in [3.63, 3.8) is 0 Å². The van der Waals surface area contributed by atoms with Crippen LogP contribution in [0.25, 0.3) is 0 Å². The van der Waals surface area contributed by atoms with Crippen LogP contribution in [-0.2, 0) is 33.4 Å². The van der Waals surface area contributed by atoms with Crippen LogP contribution >= 0.6 is 0 Å². The highest BCUT2D eigenvalue weighted by molar-refractivity contribution is 5.95. The molecular formula is C59H86N4O10. The van der Waals surface area contributed by atoms with Crippen LogP contribution in [0.5, 0.6) is 0 Å². The summed E-state index contributed by atoms with van der Waals surface area (Å²) in [6, 6.07) is 0. The largest absolute Gasteiger partial charge is 0.445 e. The molecule has 14 nitrogen and oxygen atoms in total. The summed E-state index contributed by atoms with van der Waals surface area (Å²) in [4.78, 5) is 84.7. The van der Waals surface area contributed by atoms with E-state index in [4.69, 9.17) is 14.2 Å². The number of aliphatic hydroxyl groups is 1. The quantitative estimate of drug-likeness (QED) is 0.232. The third-order valence-electron chi connectivity index (χ3n) is 22.9. The number of amides is 4. The number of piperidine rings is 2. The van der Waals surface area contributed by atoms with Crippen LogP contribution in [0.4, 0.5) is 9.59 Å². The van der Waals surface area contributed by atoms with Gasteiger partial charge in [0.05, 0.1) is 34.9 Å². The molecule has 6 unspecified atom stereocenters. The number of Topliss-reactive ketones (excluding diaryl/α,β-unsaturated/α-hetero) is 2. The lowest BCUT2D eigenvalue weighted by Crippen LogP contribution is -2.63. The van der Waals surface area contributed by atoms with E-state index in [0.717, 1.165) is 84.0 Å². The van der Waals surface area contributed by atoms with Crippen molar-refractivity contribution < 1.29 is 48.1 Å². The Morgan fingerprint density at radius 3 is 1.70 bits per heavy atom. The molecule has 0 aromatic heterocycles. The normalized spacial score (nSPS) is 48.8. The maximum atomic E-state index is 14.1. The van der Waals surface area contributed by atoms with E-state index in [0.29, 0.717) is 44.2 Å². The molecule has 73 heavy (non-hydrogen) atoms. The highest BCUT2D eigenvalue weighted by Crippen LogP contribution is 2.70. The molecule has 402 valence electrons. The minimum Gasteiger partial charge on any atom is -0.445 e. The number of carbonyl (C=O) groups excluding carboxylic acids is 6. The average Bonchev–Trinajstić information content (AvgIpc) is 4.24. The van der Waals surface area contributed by atoms with E-state index in [1.807, 2.05) is 13.8 Å². The van der Waals surface area contributed by atoms with E-state index < -0.39 is 52.2 Å². The van der Waals surface area contributed by atoms with Gasteiger partial charge < -0.3 is 29.1 Å². The Bertz CT molecular complexity index is 2370. The van der Waals surface area contributed by atoms with E-state index in [2.05, 4.69) is 85.7 Å². The monoisotopic (exact) mass is 1010 g/mol. The fraction of sp³-hybridized carbons (Fsp3) is 0.831. The fourth-order valence-corrected chi connectivity index (χ4v) is 18.5. The molecule has 10 rings (SSSR count). The number of rotatable bonds is 5. The first-order valence-corrected chi connectivity index (χ1v) is 28.1. The number of hydrogen-bond donors (Lipinski definition) is 3. The Kier molecular flexibility index (Phi) is 14.5. The van der Waals surface area contributed by atoms with Gasteiger partial charge >= 0.3 is 12.2 Å². The van der Waals surface area contributed by atoms with Crippen molar-refractivity contribution in [3.05, 3.63) is 0 Å². The van der Waals surface area contributed by atoms with Crippen LogP contribution in [0.1, 0.15) is 146 Å². The van der Waals surface area contributed by atoms with Crippen LogP contribution in [0, 0.1) is 115 Å². The summed E-state index contributed by atoms with van der Waals surface area (Å²) < 4.78 is 18.5. The zero-order valence-corrected chi connectivity index (χ0v) is 45.8. The first-order chi connectivity index (χ1) is 34.5. The molecule has 14 heteroatoms. The number of nitrogens with zero attached hydrogens (tertiary/aromatic N) is 2. The van der Waals surface area contributed by atoms with Gasteiger partial charge in [-0.2, -0.15) is 0 Å². The SMILES string of the molecule is CC#C[C@]1(C)C[C@@H](OC(=O)NC(=O)[C@H]2CN3CC[C@@H]2C3)[C@@]2(C)C3C(=O)CCC3(CC[C@H]2C)[C@@H](C)[C@@H]1O.CC#C[C@]1(C)C[C@@H](OC(=O)NC(=O)[C@H]2CN3CC[C@@H]2C3)[C@@]2(C)C3[C@H](OC)CCC3(CC[C@H]2C)[C@@H](C)C1=O. The predicted molar refractivity (Wildman–Crippen MR) is 274 cm³/mol. The first-order valence-electron chi connectivity index (χ1n) is 28.1. The molecule has 4 aliphatic heterocycles. The molecule has 3 N–H and O–H groups in total. The molecule has 6 aliphatic carbocycles. The van der Waals surface area contributed by atoms with Crippen molar-refractivity contribution in [3.8, 4) is 23.7 Å². The summed E-state index contributed by atoms with van der Waals surface area (Å²) in [5, 5.41) is 16.8. The number of fused-ring (bicyclic) bond motifs is 4. The lowest BCUT2D eigenvalue weighted by atomic mass is 9.44. The van der Waals surface area contributed by atoms with Crippen molar-refractivity contribution in [1.82, 2.24) is 20.4 Å². The molecule has 0 spiro atoms. The molecule has 4 heterocycles. The van der Waals surface area contributed by atoms with E-state index in [9.17, 15) is 33.9 Å². The van der Waals surface area contributed by atoms with Crippen molar-refractivity contribution in [1.29, 1.82) is 0 Å². The summed E-state index contributed by atoms with van der Waals surface area (Å²) in [6.45, 7) is 25.6. The highest BCUT2D eigenvalue weighted by Gasteiger charge is 2.70. The lowest BCUT2D eigenvalue weighted by molar-refractivity contribution is -0.190.